The van der Waals surface area contributed by atoms with Gasteiger partial charge in [0.05, 0.1) is 6.42 Å². The summed E-state index contributed by atoms with van der Waals surface area (Å²) in [5.41, 5.74) is 2.36. The Labute approximate surface area is 172 Å². The predicted octanol–water partition coefficient (Wildman–Crippen LogP) is 5.29. The van der Waals surface area contributed by atoms with Gasteiger partial charge in [-0.15, -0.1) is 11.3 Å². The Morgan fingerprint density at radius 2 is 1.75 bits per heavy atom. The van der Waals surface area contributed by atoms with Crippen LogP contribution in [0.5, 0.6) is 0 Å². The van der Waals surface area contributed by atoms with Gasteiger partial charge in [0.1, 0.15) is 0 Å². The molecule has 0 radical (unpaired) electrons. The number of nitrogens with one attached hydrogen (secondary N) is 1. The van der Waals surface area contributed by atoms with Crippen LogP contribution in [0.15, 0.2) is 60.0 Å². The van der Waals surface area contributed by atoms with E-state index in [2.05, 4.69) is 5.32 Å². The van der Waals surface area contributed by atoms with Crippen molar-refractivity contribution < 1.29 is 9.59 Å². The molecule has 2 aromatic carbocycles. The van der Waals surface area contributed by atoms with E-state index in [0.29, 0.717) is 10.7 Å². The van der Waals surface area contributed by atoms with E-state index >= 15 is 0 Å². The van der Waals surface area contributed by atoms with E-state index in [1.165, 1.54) is 11.3 Å². The second-order valence-electron chi connectivity index (χ2n) is 6.94. The highest BCUT2D eigenvalue weighted by atomic mass is 35.5. The number of hydrogen-bond donors (Lipinski definition) is 1. The van der Waals surface area contributed by atoms with Crippen LogP contribution in [-0.4, -0.2) is 11.8 Å². The average Bonchev–Trinajstić information content (AvgIpc) is 3.19. The molecule has 4 nitrogen and oxygen atoms in total. The molecule has 0 spiro atoms. The molecule has 28 heavy (non-hydrogen) atoms. The fraction of sp³-hybridized carbons (Fsp3) is 0.182. The van der Waals surface area contributed by atoms with Crippen LogP contribution >= 0.6 is 22.9 Å². The van der Waals surface area contributed by atoms with Gasteiger partial charge in [-0.1, -0.05) is 35.9 Å². The van der Waals surface area contributed by atoms with Crippen molar-refractivity contribution in [1.82, 2.24) is 0 Å². The molecule has 142 valence electrons. The first-order valence-corrected chi connectivity index (χ1v) is 10.2. The predicted molar refractivity (Wildman–Crippen MR) is 114 cm³/mol. The van der Waals surface area contributed by atoms with Gasteiger partial charge in [0.25, 0.3) is 5.91 Å². The Bertz CT molecular complexity index is 1030. The van der Waals surface area contributed by atoms with E-state index < -0.39 is 5.54 Å². The lowest BCUT2D eigenvalue weighted by Crippen LogP contribution is -2.67. The topological polar surface area (TPSA) is 49.4 Å². The monoisotopic (exact) mass is 410 g/mol. The number of carbonyl (C=O) groups is 2. The molecular formula is C22H19ClN2O2S. The molecule has 2 amide bonds. The first-order valence-electron chi connectivity index (χ1n) is 8.94. The van der Waals surface area contributed by atoms with Crippen LogP contribution in [0.3, 0.4) is 0 Å². The Morgan fingerprint density at radius 1 is 1.07 bits per heavy atom. The minimum absolute atomic E-state index is 0.0904. The van der Waals surface area contributed by atoms with Gasteiger partial charge in [0.2, 0.25) is 5.91 Å². The van der Waals surface area contributed by atoms with Crippen LogP contribution < -0.4 is 10.2 Å². The summed E-state index contributed by atoms with van der Waals surface area (Å²) in [6.45, 7) is 3.92. The van der Waals surface area contributed by atoms with Gasteiger partial charge in [0, 0.05) is 21.3 Å². The third-order valence-corrected chi connectivity index (χ3v) is 6.42. The molecular weight excluding hydrogens is 392 g/mol. The lowest BCUT2D eigenvalue weighted by Gasteiger charge is -2.50. The molecule has 1 aromatic heterocycles. The number of amides is 2. The van der Waals surface area contributed by atoms with Crippen molar-refractivity contribution in [3.8, 4) is 0 Å². The van der Waals surface area contributed by atoms with Gasteiger partial charge >= 0.3 is 0 Å². The maximum Gasteiger partial charge on any atom is 0.256 e. The molecule has 0 bridgehead atoms. The first-order chi connectivity index (χ1) is 13.4. The second kappa shape index (κ2) is 7.08. The highest BCUT2D eigenvalue weighted by molar-refractivity contribution is 7.10. The summed E-state index contributed by atoms with van der Waals surface area (Å²) in [6, 6.07) is 16.7. The van der Waals surface area contributed by atoms with Crippen LogP contribution in [0.2, 0.25) is 5.02 Å². The quantitative estimate of drug-likeness (QED) is 0.594. The maximum atomic E-state index is 13.6. The van der Waals surface area contributed by atoms with Crippen molar-refractivity contribution in [3.05, 3.63) is 81.0 Å². The van der Waals surface area contributed by atoms with Crippen LogP contribution in [0.1, 0.15) is 22.4 Å². The van der Waals surface area contributed by atoms with Gasteiger partial charge in [-0.05, 0) is 60.7 Å². The van der Waals surface area contributed by atoms with Crippen molar-refractivity contribution >= 4 is 46.1 Å². The molecule has 2 heterocycles. The Balaban J connectivity index is 1.79. The van der Waals surface area contributed by atoms with Gasteiger partial charge in [-0.3, -0.25) is 14.5 Å². The van der Waals surface area contributed by atoms with Crippen molar-refractivity contribution in [1.29, 1.82) is 0 Å². The Hall–Kier alpha value is -2.63. The highest BCUT2D eigenvalue weighted by Gasteiger charge is 2.59. The van der Waals surface area contributed by atoms with Crippen molar-refractivity contribution in [2.24, 2.45) is 0 Å². The van der Waals surface area contributed by atoms with E-state index in [0.717, 1.165) is 21.7 Å². The largest absolute Gasteiger partial charge is 0.323 e. The molecule has 1 aliphatic rings. The summed E-state index contributed by atoms with van der Waals surface area (Å²) in [5, 5.41) is 5.59. The molecule has 1 aliphatic heterocycles. The van der Waals surface area contributed by atoms with E-state index in [1.54, 1.807) is 29.2 Å². The number of thiophene rings is 1. The molecule has 1 unspecified atom stereocenters. The number of aryl methyl sites for hydroxylation is 2. The van der Waals surface area contributed by atoms with Crippen molar-refractivity contribution in [2.75, 3.05) is 10.2 Å². The summed E-state index contributed by atoms with van der Waals surface area (Å²) >= 11 is 7.48. The molecule has 1 N–H and O–H groups in total. The Kier molecular flexibility index (Phi) is 4.73. The molecule has 1 atom stereocenters. The van der Waals surface area contributed by atoms with Gasteiger partial charge < -0.3 is 5.32 Å². The van der Waals surface area contributed by atoms with Gasteiger partial charge in [-0.2, -0.15) is 0 Å². The van der Waals surface area contributed by atoms with E-state index in [4.69, 9.17) is 11.6 Å². The van der Waals surface area contributed by atoms with Crippen molar-refractivity contribution in [3.63, 3.8) is 0 Å². The molecule has 1 saturated heterocycles. The standard InChI is InChI=1S/C22H19ClN2O2S/c1-14-5-3-6-15(2)20(14)24-21(27)22(18-7-4-12-28-18)13-19(26)25(22)17-10-8-16(23)9-11-17/h3-12H,13H2,1-2H3,(H,24,27). The summed E-state index contributed by atoms with van der Waals surface area (Å²) in [4.78, 5) is 28.6. The van der Waals surface area contributed by atoms with Gasteiger partial charge in [-0.25, -0.2) is 0 Å². The van der Waals surface area contributed by atoms with Crippen molar-refractivity contribution in [2.45, 2.75) is 25.8 Å². The molecule has 0 saturated carbocycles. The number of nitrogens with zero attached hydrogens (tertiary/aromatic N) is 1. The number of benzene rings is 2. The minimum Gasteiger partial charge on any atom is -0.323 e. The minimum atomic E-state index is -1.06. The van der Waals surface area contributed by atoms with Crippen LogP contribution in [0, 0.1) is 13.8 Å². The van der Waals surface area contributed by atoms with Gasteiger partial charge in [0.15, 0.2) is 5.54 Å². The number of para-hydroxylation sites is 1. The number of halogens is 1. The third-order valence-electron chi connectivity index (χ3n) is 5.15. The zero-order valence-corrected chi connectivity index (χ0v) is 17.1. The molecule has 1 fully saturated rings. The number of anilines is 2. The lowest BCUT2D eigenvalue weighted by molar-refractivity contribution is -0.137. The molecule has 0 aliphatic carbocycles. The molecule has 4 rings (SSSR count). The summed E-state index contributed by atoms with van der Waals surface area (Å²) < 4.78 is 0. The number of carbonyl (C=O) groups excluding carboxylic acids is 2. The highest BCUT2D eigenvalue weighted by Crippen LogP contribution is 2.47. The summed E-state index contributed by atoms with van der Waals surface area (Å²) in [6.07, 6.45) is 0.132. The van der Waals surface area contributed by atoms with E-state index in [1.807, 2.05) is 49.6 Å². The number of hydrogen-bond acceptors (Lipinski definition) is 3. The molecule has 6 heteroatoms. The first kappa shape index (κ1) is 18.7. The van der Waals surface area contributed by atoms with Crippen LogP contribution in [-0.2, 0) is 15.1 Å². The maximum absolute atomic E-state index is 13.6. The fourth-order valence-corrected chi connectivity index (χ4v) is 4.72. The second-order valence-corrected chi connectivity index (χ2v) is 8.32. The SMILES string of the molecule is Cc1cccc(C)c1NC(=O)C1(c2cccs2)CC(=O)N1c1ccc(Cl)cc1. The van der Waals surface area contributed by atoms with E-state index in [9.17, 15) is 9.59 Å². The number of rotatable bonds is 4. The average molecular weight is 411 g/mol. The zero-order valence-electron chi connectivity index (χ0n) is 15.5. The van der Waals surface area contributed by atoms with E-state index in [-0.39, 0.29) is 18.2 Å². The summed E-state index contributed by atoms with van der Waals surface area (Å²) in [7, 11) is 0. The van der Waals surface area contributed by atoms with Crippen LogP contribution in [0.4, 0.5) is 11.4 Å². The number of β-lactam (4-membered cyclic amide) rings is 1. The normalized spacial score (nSPS) is 18.7. The molecule has 3 aromatic rings. The Morgan fingerprint density at radius 3 is 2.32 bits per heavy atom. The van der Waals surface area contributed by atoms with Crippen LogP contribution in [0.25, 0.3) is 0 Å². The fourth-order valence-electron chi connectivity index (χ4n) is 3.69. The lowest BCUT2D eigenvalue weighted by atomic mass is 9.80. The third kappa shape index (κ3) is 2.91. The summed E-state index contributed by atoms with van der Waals surface area (Å²) in [5.74, 6) is -0.297. The zero-order chi connectivity index (χ0) is 19.9. The smallest absolute Gasteiger partial charge is 0.256 e.